The molecule has 0 aromatic heterocycles. The van der Waals surface area contributed by atoms with Crippen molar-refractivity contribution in [3.8, 4) is 0 Å². The molecule has 4 nitrogen and oxygen atoms in total. The van der Waals surface area contributed by atoms with E-state index in [1.165, 1.54) is 5.56 Å². The zero-order valence-corrected chi connectivity index (χ0v) is 14.3. The molecule has 0 aliphatic carbocycles. The standard InChI is InChI=1S/C19H19NO3S/c1-13-11-14-5-2-3-7-17(14)20(13)19(21)16-8-9-18-15(12-16)6-4-10-24(18,22)23/h2-3,5,7-9,12-13H,4,6,10-11H2,1H3. The summed E-state index contributed by atoms with van der Waals surface area (Å²) in [5.74, 6) is 0.141. The Bertz CT molecular complexity index is 933. The van der Waals surface area contributed by atoms with Crippen molar-refractivity contribution < 1.29 is 13.2 Å². The van der Waals surface area contributed by atoms with Gasteiger partial charge in [0.1, 0.15) is 0 Å². The van der Waals surface area contributed by atoms with Crippen molar-refractivity contribution in [2.75, 3.05) is 10.7 Å². The Kier molecular flexibility index (Phi) is 3.49. The van der Waals surface area contributed by atoms with Gasteiger partial charge in [0, 0.05) is 17.3 Å². The minimum Gasteiger partial charge on any atom is -0.305 e. The molecule has 1 amide bonds. The van der Waals surface area contributed by atoms with E-state index >= 15 is 0 Å². The fourth-order valence-corrected chi connectivity index (χ4v) is 5.37. The van der Waals surface area contributed by atoms with Crippen LogP contribution in [0.2, 0.25) is 0 Å². The van der Waals surface area contributed by atoms with E-state index in [9.17, 15) is 13.2 Å². The average molecular weight is 341 g/mol. The number of amides is 1. The molecule has 5 heteroatoms. The van der Waals surface area contributed by atoms with Gasteiger partial charge >= 0.3 is 0 Å². The number of sulfone groups is 1. The maximum atomic E-state index is 13.0. The van der Waals surface area contributed by atoms with Crippen LogP contribution in [-0.2, 0) is 22.7 Å². The van der Waals surface area contributed by atoms with Gasteiger partial charge in [-0.3, -0.25) is 4.79 Å². The molecule has 1 unspecified atom stereocenters. The number of para-hydroxylation sites is 1. The summed E-state index contributed by atoms with van der Waals surface area (Å²) < 4.78 is 24.3. The third-order valence-electron chi connectivity index (χ3n) is 4.93. The first kappa shape index (κ1) is 15.4. The van der Waals surface area contributed by atoms with Gasteiger partial charge in [-0.1, -0.05) is 18.2 Å². The Balaban J connectivity index is 1.74. The minimum atomic E-state index is -3.19. The first-order valence-corrected chi connectivity index (χ1v) is 9.90. The number of carbonyl (C=O) groups is 1. The quantitative estimate of drug-likeness (QED) is 0.801. The van der Waals surface area contributed by atoms with Crippen molar-refractivity contribution in [3.63, 3.8) is 0 Å². The van der Waals surface area contributed by atoms with Gasteiger partial charge in [0.15, 0.2) is 9.84 Å². The average Bonchev–Trinajstić information content (AvgIpc) is 2.89. The Morgan fingerprint density at radius 3 is 2.75 bits per heavy atom. The molecule has 2 aliphatic heterocycles. The monoisotopic (exact) mass is 341 g/mol. The van der Waals surface area contributed by atoms with Crippen LogP contribution in [0, 0.1) is 0 Å². The molecule has 2 heterocycles. The highest BCUT2D eigenvalue weighted by Crippen LogP contribution is 2.34. The van der Waals surface area contributed by atoms with Gasteiger partial charge in [-0.25, -0.2) is 8.42 Å². The summed E-state index contributed by atoms with van der Waals surface area (Å²) in [5.41, 5.74) is 3.47. The van der Waals surface area contributed by atoms with Crippen molar-refractivity contribution in [2.24, 2.45) is 0 Å². The lowest BCUT2D eigenvalue weighted by molar-refractivity contribution is 0.0981. The van der Waals surface area contributed by atoms with Crippen molar-refractivity contribution in [3.05, 3.63) is 59.2 Å². The molecule has 0 spiro atoms. The van der Waals surface area contributed by atoms with E-state index < -0.39 is 9.84 Å². The summed E-state index contributed by atoms with van der Waals surface area (Å²) in [6.45, 7) is 2.04. The number of rotatable bonds is 1. The number of hydrogen-bond donors (Lipinski definition) is 0. The summed E-state index contributed by atoms with van der Waals surface area (Å²) in [6.07, 6.45) is 2.18. The van der Waals surface area contributed by atoms with E-state index in [0.29, 0.717) is 23.3 Å². The smallest absolute Gasteiger partial charge is 0.258 e. The summed E-state index contributed by atoms with van der Waals surface area (Å²) >= 11 is 0. The van der Waals surface area contributed by atoms with Crippen molar-refractivity contribution in [2.45, 2.75) is 37.1 Å². The number of nitrogens with zero attached hydrogens (tertiary/aromatic N) is 1. The van der Waals surface area contributed by atoms with Crippen LogP contribution in [0.1, 0.15) is 34.8 Å². The van der Waals surface area contributed by atoms with E-state index in [-0.39, 0.29) is 17.7 Å². The number of fused-ring (bicyclic) bond motifs is 2. The van der Waals surface area contributed by atoms with Crippen molar-refractivity contribution >= 4 is 21.4 Å². The van der Waals surface area contributed by atoms with Gasteiger partial charge in [0.2, 0.25) is 0 Å². The molecular weight excluding hydrogens is 322 g/mol. The second kappa shape index (κ2) is 5.45. The Morgan fingerprint density at radius 2 is 1.92 bits per heavy atom. The van der Waals surface area contributed by atoms with Crippen LogP contribution in [0.25, 0.3) is 0 Å². The highest BCUT2D eigenvalue weighted by Gasteiger charge is 2.32. The van der Waals surface area contributed by atoms with Crippen LogP contribution in [0.15, 0.2) is 47.4 Å². The highest BCUT2D eigenvalue weighted by molar-refractivity contribution is 7.91. The molecule has 0 fully saturated rings. The van der Waals surface area contributed by atoms with E-state index in [2.05, 4.69) is 6.07 Å². The molecule has 0 saturated carbocycles. The number of aryl methyl sites for hydroxylation is 1. The van der Waals surface area contributed by atoms with E-state index in [1.807, 2.05) is 30.0 Å². The van der Waals surface area contributed by atoms with Crippen molar-refractivity contribution in [1.82, 2.24) is 0 Å². The maximum absolute atomic E-state index is 13.0. The molecule has 0 bridgehead atoms. The largest absolute Gasteiger partial charge is 0.305 e. The fraction of sp³-hybridized carbons (Fsp3) is 0.316. The second-order valence-electron chi connectivity index (χ2n) is 6.60. The van der Waals surface area contributed by atoms with E-state index in [1.54, 1.807) is 18.2 Å². The van der Waals surface area contributed by atoms with Gasteiger partial charge in [-0.05, 0) is 61.6 Å². The number of benzene rings is 2. The Labute approximate surface area is 142 Å². The molecule has 124 valence electrons. The van der Waals surface area contributed by atoms with Crippen LogP contribution in [0.4, 0.5) is 5.69 Å². The lowest BCUT2D eigenvalue weighted by Gasteiger charge is -2.24. The lowest BCUT2D eigenvalue weighted by Crippen LogP contribution is -2.35. The van der Waals surface area contributed by atoms with Crippen LogP contribution in [0.3, 0.4) is 0 Å². The third-order valence-corrected chi connectivity index (χ3v) is 6.82. The fourth-order valence-electron chi connectivity index (χ4n) is 3.79. The first-order chi connectivity index (χ1) is 11.5. The molecule has 0 N–H and O–H groups in total. The number of hydrogen-bond acceptors (Lipinski definition) is 3. The lowest BCUT2D eigenvalue weighted by atomic mass is 10.0. The summed E-state index contributed by atoms with van der Waals surface area (Å²) in [7, 11) is -3.19. The van der Waals surface area contributed by atoms with Crippen LogP contribution in [-0.4, -0.2) is 26.1 Å². The summed E-state index contributed by atoms with van der Waals surface area (Å²) in [4.78, 5) is 15.3. The first-order valence-electron chi connectivity index (χ1n) is 8.24. The maximum Gasteiger partial charge on any atom is 0.258 e. The van der Waals surface area contributed by atoms with E-state index in [0.717, 1.165) is 17.7 Å². The topological polar surface area (TPSA) is 54.5 Å². The van der Waals surface area contributed by atoms with Crippen LogP contribution < -0.4 is 4.90 Å². The number of anilines is 1. The Hall–Kier alpha value is -2.14. The minimum absolute atomic E-state index is 0.0572. The normalized spacial score (nSPS) is 21.2. The zero-order valence-electron chi connectivity index (χ0n) is 13.5. The SMILES string of the molecule is CC1Cc2ccccc2N1C(=O)c1ccc2c(c1)CCCS2(=O)=O. The summed E-state index contributed by atoms with van der Waals surface area (Å²) in [5, 5.41) is 0. The van der Waals surface area contributed by atoms with Gasteiger partial charge in [0.05, 0.1) is 10.6 Å². The number of carbonyl (C=O) groups excluding carboxylic acids is 1. The molecule has 4 rings (SSSR count). The summed E-state index contributed by atoms with van der Waals surface area (Å²) in [6, 6.07) is 13.1. The van der Waals surface area contributed by atoms with Gasteiger partial charge < -0.3 is 4.90 Å². The molecule has 0 radical (unpaired) electrons. The molecule has 2 aromatic rings. The molecular formula is C19H19NO3S. The van der Waals surface area contributed by atoms with Crippen LogP contribution >= 0.6 is 0 Å². The van der Waals surface area contributed by atoms with Crippen LogP contribution in [0.5, 0.6) is 0 Å². The molecule has 24 heavy (non-hydrogen) atoms. The molecule has 2 aromatic carbocycles. The Morgan fingerprint density at radius 1 is 1.12 bits per heavy atom. The molecule has 0 saturated heterocycles. The highest BCUT2D eigenvalue weighted by atomic mass is 32.2. The predicted octanol–water partition coefficient (Wildman–Crippen LogP) is 3.00. The van der Waals surface area contributed by atoms with Gasteiger partial charge in [0.25, 0.3) is 5.91 Å². The molecule has 1 atom stereocenters. The second-order valence-corrected chi connectivity index (χ2v) is 8.68. The van der Waals surface area contributed by atoms with Crippen molar-refractivity contribution in [1.29, 1.82) is 0 Å². The molecule has 2 aliphatic rings. The van der Waals surface area contributed by atoms with Gasteiger partial charge in [-0.2, -0.15) is 0 Å². The third kappa shape index (κ3) is 2.35. The zero-order chi connectivity index (χ0) is 16.9. The van der Waals surface area contributed by atoms with Gasteiger partial charge in [-0.15, -0.1) is 0 Å². The van der Waals surface area contributed by atoms with E-state index in [4.69, 9.17) is 0 Å². The predicted molar refractivity (Wildman–Crippen MR) is 93.2 cm³/mol.